The van der Waals surface area contributed by atoms with Crippen LogP contribution in [0.4, 0.5) is 0 Å². The maximum Gasteiger partial charge on any atom is 0.173 e. The van der Waals surface area contributed by atoms with Gasteiger partial charge in [-0.25, -0.2) is 0 Å². The first-order chi connectivity index (χ1) is 10.5. The molecule has 3 nitrogen and oxygen atoms in total. The van der Waals surface area contributed by atoms with Gasteiger partial charge in [-0.3, -0.25) is 0 Å². The second-order valence-electron chi connectivity index (χ2n) is 6.88. The van der Waals surface area contributed by atoms with Crippen LogP contribution in [0, 0.1) is 5.92 Å². The number of allylic oxidation sites excluding steroid dienone is 1. The summed E-state index contributed by atoms with van der Waals surface area (Å²) in [5.74, 6) is -0.134. The van der Waals surface area contributed by atoms with Crippen LogP contribution in [0.5, 0.6) is 0 Å². The molecular weight excluding hydrogens is 276 g/mol. The highest BCUT2D eigenvalue weighted by atomic mass is 16.7. The van der Waals surface area contributed by atoms with Crippen molar-refractivity contribution in [1.82, 2.24) is 0 Å². The van der Waals surface area contributed by atoms with E-state index in [2.05, 4.69) is 26.8 Å². The van der Waals surface area contributed by atoms with Gasteiger partial charge in [0.05, 0.1) is 6.10 Å². The van der Waals surface area contributed by atoms with Crippen LogP contribution in [-0.2, 0) is 14.2 Å². The predicted molar refractivity (Wildman–Crippen MR) is 92.0 cm³/mol. The molecule has 0 amide bonds. The topological polar surface area (TPSA) is 27.7 Å². The van der Waals surface area contributed by atoms with E-state index in [1.54, 1.807) is 14.2 Å². The molecule has 0 aromatic rings. The lowest BCUT2D eigenvalue weighted by Crippen LogP contribution is -2.40. The van der Waals surface area contributed by atoms with Crippen molar-refractivity contribution in [2.45, 2.75) is 84.0 Å². The molecule has 0 N–H and O–H groups in total. The van der Waals surface area contributed by atoms with Crippen LogP contribution in [0.3, 0.4) is 0 Å². The maximum atomic E-state index is 5.93. The molecule has 2 atom stereocenters. The smallest absolute Gasteiger partial charge is 0.173 e. The molecule has 1 aliphatic heterocycles. The summed E-state index contributed by atoms with van der Waals surface area (Å²) >= 11 is 0. The Morgan fingerprint density at radius 1 is 1.23 bits per heavy atom. The maximum absolute atomic E-state index is 5.93. The summed E-state index contributed by atoms with van der Waals surface area (Å²) in [7, 11) is 3.51. The molecule has 0 aromatic carbocycles. The zero-order valence-electron chi connectivity index (χ0n) is 15.3. The van der Waals surface area contributed by atoms with Gasteiger partial charge in [0.2, 0.25) is 0 Å². The van der Waals surface area contributed by atoms with Gasteiger partial charge >= 0.3 is 0 Å². The van der Waals surface area contributed by atoms with Crippen molar-refractivity contribution in [3.8, 4) is 0 Å². The van der Waals surface area contributed by atoms with Gasteiger partial charge in [-0.2, -0.15) is 0 Å². The quantitative estimate of drug-likeness (QED) is 0.438. The first kappa shape index (κ1) is 19.7. The molecule has 0 aliphatic carbocycles. The first-order valence-electron chi connectivity index (χ1n) is 8.89. The third kappa shape index (κ3) is 6.39. The van der Waals surface area contributed by atoms with Crippen LogP contribution < -0.4 is 0 Å². The van der Waals surface area contributed by atoms with Crippen LogP contribution in [-0.4, -0.2) is 32.7 Å². The van der Waals surface area contributed by atoms with Gasteiger partial charge in [0.1, 0.15) is 0 Å². The average Bonchev–Trinajstić information content (AvgIpc) is 2.77. The lowest BCUT2D eigenvalue weighted by Gasteiger charge is -2.36. The van der Waals surface area contributed by atoms with Crippen molar-refractivity contribution in [2.75, 3.05) is 20.8 Å². The van der Waals surface area contributed by atoms with Gasteiger partial charge < -0.3 is 14.2 Å². The van der Waals surface area contributed by atoms with E-state index in [9.17, 15) is 0 Å². The normalized spacial score (nSPS) is 21.2. The fraction of sp³-hybridized carbons (Fsp3) is 0.895. The summed E-state index contributed by atoms with van der Waals surface area (Å²) in [6.07, 6.45) is 12.0. The van der Waals surface area contributed by atoms with E-state index >= 15 is 0 Å². The van der Waals surface area contributed by atoms with E-state index in [-0.39, 0.29) is 0 Å². The van der Waals surface area contributed by atoms with E-state index in [4.69, 9.17) is 14.2 Å². The third-order valence-corrected chi connectivity index (χ3v) is 4.92. The number of ether oxygens (including phenoxy) is 3. The van der Waals surface area contributed by atoms with Crippen molar-refractivity contribution in [2.24, 2.45) is 5.92 Å². The molecule has 1 aliphatic rings. The zero-order valence-corrected chi connectivity index (χ0v) is 15.3. The molecule has 0 radical (unpaired) electrons. The summed E-state index contributed by atoms with van der Waals surface area (Å²) in [6.45, 7) is 7.41. The molecular formula is C19H36O3. The zero-order chi connectivity index (χ0) is 16.4. The fourth-order valence-corrected chi connectivity index (χ4v) is 3.28. The minimum Gasteiger partial charge on any atom is -0.378 e. The molecule has 0 spiro atoms. The molecule has 1 rings (SSSR count). The van der Waals surface area contributed by atoms with Crippen LogP contribution in [0.25, 0.3) is 0 Å². The van der Waals surface area contributed by atoms with Crippen LogP contribution >= 0.6 is 0 Å². The van der Waals surface area contributed by atoms with Gasteiger partial charge in [-0.05, 0) is 39.5 Å². The Balaban J connectivity index is 2.45. The van der Waals surface area contributed by atoms with E-state index < -0.39 is 5.79 Å². The lowest BCUT2D eigenvalue weighted by molar-refractivity contribution is -0.235. The Bertz CT molecular complexity index is 309. The summed E-state index contributed by atoms with van der Waals surface area (Å²) < 4.78 is 17.5. The number of hydrogen-bond acceptors (Lipinski definition) is 3. The molecule has 0 aromatic heterocycles. The molecule has 0 saturated carbocycles. The van der Waals surface area contributed by atoms with Crippen LogP contribution in [0.1, 0.15) is 72.1 Å². The largest absolute Gasteiger partial charge is 0.378 e. The molecule has 3 heteroatoms. The standard InChI is InChI=1S/C19H36O3/c1-16(2)13-14-19(20-4,21-5)17(3)10-9-12-18-11-7-6-8-15-22-18/h13,17-18H,6-12,14-15H2,1-5H3. The van der Waals surface area contributed by atoms with Crippen molar-refractivity contribution in [3.63, 3.8) is 0 Å². The molecule has 1 saturated heterocycles. The molecule has 0 bridgehead atoms. The first-order valence-corrected chi connectivity index (χ1v) is 8.89. The molecule has 2 unspecified atom stereocenters. The molecule has 130 valence electrons. The summed E-state index contributed by atoms with van der Waals surface area (Å²) in [5, 5.41) is 0. The SMILES string of the molecule is COC(CC=C(C)C)(OC)C(C)CCCC1CCCCCO1. The Morgan fingerprint density at radius 2 is 1.95 bits per heavy atom. The Kier molecular flexibility index (Phi) is 9.30. The van der Waals surface area contributed by atoms with Gasteiger partial charge in [0, 0.05) is 33.2 Å². The highest BCUT2D eigenvalue weighted by Crippen LogP contribution is 2.32. The lowest BCUT2D eigenvalue weighted by atomic mass is 9.90. The molecule has 1 fully saturated rings. The Labute approximate surface area is 137 Å². The van der Waals surface area contributed by atoms with E-state index in [0.29, 0.717) is 12.0 Å². The fourth-order valence-electron chi connectivity index (χ4n) is 3.28. The van der Waals surface area contributed by atoms with Crippen LogP contribution in [0.2, 0.25) is 0 Å². The molecule has 22 heavy (non-hydrogen) atoms. The summed E-state index contributed by atoms with van der Waals surface area (Å²) in [6, 6.07) is 0. The minimum atomic E-state index is -0.498. The minimum absolute atomic E-state index is 0.365. The number of hydrogen-bond donors (Lipinski definition) is 0. The van der Waals surface area contributed by atoms with E-state index in [1.807, 2.05) is 0 Å². The van der Waals surface area contributed by atoms with Crippen molar-refractivity contribution in [3.05, 3.63) is 11.6 Å². The average molecular weight is 312 g/mol. The van der Waals surface area contributed by atoms with Gasteiger partial charge in [0.15, 0.2) is 5.79 Å². The van der Waals surface area contributed by atoms with Crippen molar-refractivity contribution < 1.29 is 14.2 Å². The van der Waals surface area contributed by atoms with Crippen molar-refractivity contribution in [1.29, 1.82) is 0 Å². The Morgan fingerprint density at radius 3 is 2.59 bits per heavy atom. The van der Waals surface area contributed by atoms with Crippen LogP contribution in [0.15, 0.2) is 11.6 Å². The van der Waals surface area contributed by atoms with E-state index in [1.165, 1.54) is 37.7 Å². The second kappa shape index (κ2) is 10.4. The summed E-state index contributed by atoms with van der Waals surface area (Å²) in [4.78, 5) is 0. The van der Waals surface area contributed by atoms with Gasteiger partial charge in [-0.1, -0.05) is 37.8 Å². The number of rotatable bonds is 9. The Hall–Kier alpha value is -0.380. The van der Waals surface area contributed by atoms with Crippen molar-refractivity contribution >= 4 is 0 Å². The monoisotopic (exact) mass is 312 g/mol. The predicted octanol–water partition coefficient (Wildman–Crippen LogP) is 5.10. The summed E-state index contributed by atoms with van der Waals surface area (Å²) in [5.41, 5.74) is 1.30. The third-order valence-electron chi connectivity index (χ3n) is 4.92. The number of methoxy groups -OCH3 is 2. The van der Waals surface area contributed by atoms with E-state index in [0.717, 1.165) is 25.9 Å². The second-order valence-corrected chi connectivity index (χ2v) is 6.88. The van der Waals surface area contributed by atoms with Gasteiger partial charge in [-0.15, -0.1) is 0 Å². The highest BCUT2D eigenvalue weighted by molar-refractivity contribution is 4.97. The van der Waals surface area contributed by atoms with Gasteiger partial charge in [0.25, 0.3) is 0 Å². The highest BCUT2D eigenvalue weighted by Gasteiger charge is 2.35. The molecule has 1 heterocycles.